The molecule has 1 atom stereocenters. The first-order valence-electron chi connectivity index (χ1n) is 9.13. The van der Waals surface area contributed by atoms with E-state index in [0.717, 1.165) is 29.3 Å². The van der Waals surface area contributed by atoms with E-state index in [4.69, 9.17) is 5.73 Å². The van der Waals surface area contributed by atoms with Crippen molar-refractivity contribution in [2.45, 2.75) is 11.7 Å². The number of amides is 1. The zero-order chi connectivity index (χ0) is 23.3. The molecule has 0 radical (unpaired) electrons. The Labute approximate surface area is 178 Å². The zero-order valence-electron chi connectivity index (χ0n) is 16.4. The van der Waals surface area contributed by atoms with Crippen molar-refractivity contribution in [2.75, 3.05) is 7.05 Å². The Morgan fingerprint density at radius 2 is 1.75 bits per heavy atom. The van der Waals surface area contributed by atoms with Gasteiger partial charge < -0.3 is 5.73 Å². The lowest BCUT2D eigenvalue weighted by molar-refractivity contribution is -0.141. The van der Waals surface area contributed by atoms with E-state index in [-0.39, 0.29) is 28.2 Å². The first-order chi connectivity index (χ1) is 15.0. The van der Waals surface area contributed by atoms with E-state index in [0.29, 0.717) is 6.07 Å². The van der Waals surface area contributed by atoms with Crippen LogP contribution in [0, 0.1) is 11.8 Å². The number of pyridine rings is 2. The summed E-state index contributed by atoms with van der Waals surface area (Å²) in [6.07, 6.45) is -2.72. The van der Waals surface area contributed by atoms with Gasteiger partial charge in [-0.25, -0.2) is 14.4 Å². The number of guanidine groups is 1. The van der Waals surface area contributed by atoms with Crippen molar-refractivity contribution in [3.63, 3.8) is 0 Å². The molecule has 1 aromatic carbocycles. The average Bonchev–Trinajstić information content (AvgIpc) is 2.98. The normalized spacial score (nSPS) is 18.8. The second-order valence-corrected chi connectivity index (χ2v) is 7.04. The molecule has 32 heavy (non-hydrogen) atoms. The molecule has 2 aromatic heterocycles. The highest BCUT2D eigenvalue weighted by atomic mass is 19.4. The summed E-state index contributed by atoms with van der Waals surface area (Å²) in [6.45, 7) is 0. The smallest absolute Gasteiger partial charge is 0.369 e. The number of rotatable bonds is 3. The maximum atomic E-state index is 14.6. The lowest BCUT2D eigenvalue weighted by Gasteiger charge is -2.27. The van der Waals surface area contributed by atoms with E-state index < -0.39 is 35.1 Å². The van der Waals surface area contributed by atoms with Gasteiger partial charge in [-0.1, -0.05) is 0 Å². The quantitative estimate of drug-likeness (QED) is 0.492. The summed E-state index contributed by atoms with van der Waals surface area (Å²) in [7, 11) is 1.29. The molecule has 0 saturated carbocycles. The molecule has 6 nitrogen and oxygen atoms in total. The van der Waals surface area contributed by atoms with Gasteiger partial charge in [-0.2, -0.15) is 17.6 Å². The van der Waals surface area contributed by atoms with Gasteiger partial charge in [-0.05, 0) is 59.2 Å². The molecule has 0 bridgehead atoms. The zero-order valence-corrected chi connectivity index (χ0v) is 16.4. The lowest BCUT2D eigenvalue weighted by Crippen LogP contribution is -2.41. The first kappa shape index (κ1) is 21.3. The number of carbonyl (C=O) groups excluding carboxylic acids is 1. The summed E-state index contributed by atoms with van der Waals surface area (Å²) < 4.78 is 68.8. The number of likely N-dealkylation sites (N-methyl/N-ethyl adjacent to an activating group) is 1. The Balaban J connectivity index is 2.01. The summed E-state index contributed by atoms with van der Waals surface area (Å²) in [5, 5.41) is 0. The predicted molar refractivity (Wildman–Crippen MR) is 104 cm³/mol. The average molecular weight is 447 g/mol. The van der Waals surface area contributed by atoms with Crippen LogP contribution in [0.3, 0.4) is 0 Å². The Morgan fingerprint density at radius 1 is 1.00 bits per heavy atom. The summed E-state index contributed by atoms with van der Waals surface area (Å²) in [4.78, 5) is 25.2. The Morgan fingerprint density at radius 3 is 2.38 bits per heavy atom. The number of carbonyl (C=O) groups is 1. The number of alkyl halides is 3. The van der Waals surface area contributed by atoms with Crippen LogP contribution in [-0.2, 0) is 16.5 Å². The molecule has 0 spiro atoms. The van der Waals surface area contributed by atoms with E-state index in [2.05, 4.69) is 15.0 Å². The monoisotopic (exact) mass is 447 g/mol. The summed E-state index contributed by atoms with van der Waals surface area (Å²) in [5.41, 5.74) is 2.02. The molecule has 2 N–H and O–H groups in total. The third kappa shape index (κ3) is 3.35. The van der Waals surface area contributed by atoms with Gasteiger partial charge in [0.1, 0.15) is 11.5 Å². The second-order valence-electron chi connectivity index (χ2n) is 7.04. The number of aromatic nitrogens is 2. The SMILES string of the molecule is CN1C(=O)C(c2cc(F)cc(-c3cccnc3F)c2)(c2ccnc(C(F)(F)F)c2)N=C1N. The molecule has 4 rings (SSSR count). The molecule has 11 heteroatoms. The number of hydrogen-bond acceptors (Lipinski definition) is 5. The molecule has 3 heterocycles. The van der Waals surface area contributed by atoms with Crippen molar-refractivity contribution >= 4 is 11.9 Å². The molecule has 1 amide bonds. The minimum atomic E-state index is -4.80. The molecule has 0 saturated heterocycles. The van der Waals surface area contributed by atoms with E-state index in [1.165, 1.54) is 31.4 Å². The third-order valence-electron chi connectivity index (χ3n) is 5.09. The van der Waals surface area contributed by atoms with Crippen LogP contribution in [-0.4, -0.2) is 33.8 Å². The van der Waals surface area contributed by atoms with Crippen LogP contribution in [0.1, 0.15) is 16.8 Å². The summed E-state index contributed by atoms with van der Waals surface area (Å²) in [6, 6.07) is 7.83. The van der Waals surface area contributed by atoms with Gasteiger partial charge in [0.2, 0.25) is 5.95 Å². The number of nitrogens with zero attached hydrogens (tertiary/aromatic N) is 4. The van der Waals surface area contributed by atoms with Crippen LogP contribution in [0.2, 0.25) is 0 Å². The number of aliphatic imine (C=N–C) groups is 1. The summed E-state index contributed by atoms with van der Waals surface area (Å²) in [5.74, 6) is -2.84. The largest absolute Gasteiger partial charge is 0.433 e. The van der Waals surface area contributed by atoms with E-state index >= 15 is 0 Å². The minimum absolute atomic E-state index is 0.0196. The molecule has 1 aliphatic rings. The number of benzene rings is 1. The molecule has 1 unspecified atom stereocenters. The van der Waals surface area contributed by atoms with Crippen molar-refractivity contribution in [1.82, 2.24) is 14.9 Å². The molecular weight excluding hydrogens is 433 g/mol. The van der Waals surface area contributed by atoms with Gasteiger partial charge >= 0.3 is 6.18 Å². The Bertz CT molecular complexity index is 1260. The van der Waals surface area contributed by atoms with Crippen molar-refractivity contribution in [3.8, 4) is 11.1 Å². The van der Waals surface area contributed by atoms with E-state index in [1.54, 1.807) is 0 Å². The fraction of sp³-hybridized carbons (Fsp3) is 0.143. The number of halogens is 5. The second kappa shape index (κ2) is 7.36. The van der Waals surface area contributed by atoms with Gasteiger partial charge in [0.15, 0.2) is 11.5 Å². The summed E-state index contributed by atoms with van der Waals surface area (Å²) >= 11 is 0. The maximum Gasteiger partial charge on any atom is 0.433 e. The van der Waals surface area contributed by atoms with Gasteiger partial charge in [0.05, 0.1) is 0 Å². The van der Waals surface area contributed by atoms with Gasteiger partial charge in [0.25, 0.3) is 5.91 Å². The number of hydrogen-bond donors (Lipinski definition) is 1. The maximum absolute atomic E-state index is 14.6. The third-order valence-corrected chi connectivity index (χ3v) is 5.09. The highest BCUT2D eigenvalue weighted by Crippen LogP contribution is 2.42. The van der Waals surface area contributed by atoms with Crippen molar-refractivity contribution in [3.05, 3.63) is 83.4 Å². The van der Waals surface area contributed by atoms with Crippen LogP contribution in [0.4, 0.5) is 22.0 Å². The Kier molecular flexibility index (Phi) is 4.91. The van der Waals surface area contributed by atoms with Crippen LogP contribution in [0.15, 0.2) is 59.9 Å². The molecule has 0 fully saturated rings. The van der Waals surface area contributed by atoms with Crippen molar-refractivity contribution < 1.29 is 26.7 Å². The molecule has 3 aromatic rings. The van der Waals surface area contributed by atoms with Crippen LogP contribution < -0.4 is 5.73 Å². The minimum Gasteiger partial charge on any atom is -0.369 e. The van der Waals surface area contributed by atoms with E-state index in [9.17, 15) is 26.7 Å². The number of nitrogens with two attached hydrogens (primary N) is 1. The van der Waals surface area contributed by atoms with Crippen LogP contribution in [0.5, 0.6) is 0 Å². The van der Waals surface area contributed by atoms with Crippen molar-refractivity contribution in [1.29, 1.82) is 0 Å². The first-order valence-corrected chi connectivity index (χ1v) is 9.13. The van der Waals surface area contributed by atoms with E-state index in [1.807, 2.05) is 0 Å². The molecular formula is C21H14F5N5O. The highest BCUT2D eigenvalue weighted by Gasteiger charge is 2.50. The molecule has 164 valence electrons. The van der Waals surface area contributed by atoms with Gasteiger partial charge in [-0.15, -0.1) is 0 Å². The highest BCUT2D eigenvalue weighted by molar-refractivity contribution is 6.09. The van der Waals surface area contributed by atoms with Crippen molar-refractivity contribution in [2.24, 2.45) is 10.7 Å². The molecule has 1 aliphatic heterocycles. The lowest BCUT2D eigenvalue weighted by atomic mass is 9.81. The standard InChI is InChI=1S/C21H14F5N5O/c1-31-18(32)20(30-19(31)27,12-4-6-28-16(10-12)21(24,25)26)13-7-11(8-14(22)9-13)15-3-2-5-29-17(15)23/h2-10H,1H3,(H2,27,30). The topological polar surface area (TPSA) is 84.5 Å². The van der Waals surface area contributed by atoms with Crippen LogP contribution >= 0.6 is 0 Å². The fourth-order valence-electron chi connectivity index (χ4n) is 3.55. The van der Waals surface area contributed by atoms with Gasteiger partial charge in [0, 0.05) is 25.0 Å². The Hall–Kier alpha value is -3.89. The van der Waals surface area contributed by atoms with Gasteiger partial charge in [-0.3, -0.25) is 14.7 Å². The van der Waals surface area contributed by atoms with Crippen LogP contribution in [0.25, 0.3) is 11.1 Å². The predicted octanol–water partition coefficient (Wildman–Crippen LogP) is 3.47. The molecule has 0 aliphatic carbocycles. The fourth-order valence-corrected chi connectivity index (χ4v) is 3.55.